The highest BCUT2D eigenvalue weighted by Gasteiger charge is 2.15. The Morgan fingerprint density at radius 3 is 2.44 bits per heavy atom. The van der Waals surface area contributed by atoms with Gasteiger partial charge in [-0.25, -0.2) is 0 Å². The predicted octanol–water partition coefficient (Wildman–Crippen LogP) is 3.35. The number of aliphatic carboxylic acids is 1. The summed E-state index contributed by atoms with van der Waals surface area (Å²) in [6.07, 6.45) is 5.47. The van der Waals surface area contributed by atoms with Crippen molar-refractivity contribution in [3.05, 3.63) is 29.8 Å². The topological polar surface area (TPSA) is 37.3 Å². The molecule has 0 atom stereocenters. The predicted molar refractivity (Wildman–Crippen MR) is 65.9 cm³/mol. The zero-order chi connectivity index (χ0) is 11.4. The van der Waals surface area contributed by atoms with Crippen LogP contribution in [0.1, 0.15) is 31.2 Å². The van der Waals surface area contributed by atoms with E-state index in [0.29, 0.717) is 0 Å². The summed E-state index contributed by atoms with van der Waals surface area (Å²) in [6.45, 7) is 0. The van der Waals surface area contributed by atoms with Gasteiger partial charge in [-0.05, 0) is 30.5 Å². The second kappa shape index (κ2) is 5.39. The lowest BCUT2D eigenvalue weighted by Crippen LogP contribution is -1.99. The summed E-state index contributed by atoms with van der Waals surface area (Å²) in [7, 11) is 0. The summed E-state index contributed by atoms with van der Waals surface area (Å²) < 4.78 is 0. The molecule has 1 aliphatic rings. The molecule has 0 spiro atoms. The maximum atomic E-state index is 10.5. The standard InChI is InChI=1S/C13H16O2S/c14-13(15)9-10-5-7-12(8-6-10)16-11-3-1-2-4-11/h5-8,11H,1-4,9H2,(H,14,15). The van der Waals surface area contributed by atoms with Crippen LogP contribution in [0.5, 0.6) is 0 Å². The average Bonchev–Trinajstić information content (AvgIpc) is 2.73. The summed E-state index contributed by atoms with van der Waals surface area (Å²) in [6, 6.07) is 7.93. The van der Waals surface area contributed by atoms with E-state index in [1.54, 1.807) is 0 Å². The van der Waals surface area contributed by atoms with Crippen LogP contribution in [0.15, 0.2) is 29.2 Å². The van der Waals surface area contributed by atoms with Crippen molar-refractivity contribution in [2.45, 2.75) is 42.2 Å². The summed E-state index contributed by atoms with van der Waals surface area (Å²) in [5.74, 6) is -0.767. The Morgan fingerprint density at radius 1 is 1.25 bits per heavy atom. The van der Waals surface area contributed by atoms with E-state index in [-0.39, 0.29) is 6.42 Å². The Balaban J connectivity index is 1.93. The van der Waals surface area contributed by atoms with Gasteiger partial charge in [0.2, 0.25) is 0 Å². The molecule has 2 rings (SSSR count). The Labute approximate surface area is 100 Å². The van der Waals surface area contributed by atoms with E-state index in [1.165, 1.54) is 30.6 Å². The molecule has 16 heavy (non-hydrogen) atoms. The molecule has 1 N–H and O–H groups in total. The van der Waals surface area contributed by atoms with Gasteiger partial charge in [-0.1, -0.05) is 25.0 Å². The SMILES string of the molecule is O=C(O)Cc1ccc(SC2CCCC2)cc1. The van der Waals surface area contributed by atoms with Crippen LogP contribution in [-0.2, 0) is 11.2 Å². The second-order valence-corrected chi connectivity index (χ2v) is 5.61. The van der Waals surface area contributed by atoms with E-state index in [4.69, 9.17) is 5.11 Å². The van der Waals surface area contributed by atoms with Gasteiger partial charge in [0.05, 0.1) is 6.42 Å². The van der Waals surface area contributed by atoms with E-state index in [9.17, 15) is 4.79 Å². The van der Waals surface area contributed by atoms with E-state index in [0.717, 1.165) is 10.8 Å². The van der Waals surface area contributed by atoms with Crippen LogP contribution in [-0.4, -0.2) is 16.3 Å². The zero-order valence-corrected chi connectivity index (χ0v) is 10.0. The number of carboxylic acid groups (broad SMARTS) is 1. The molecule has 0 saturated heterocycles. The lowest BCUT2D eigenvalue weighted by Gasteiger charge is -2.08. The molecule has 1 aromatic carbocycles. The molecule has 2 nitrogen and oxygen atoms in total. The number of carbonyl (C=O) groups is 1. The number of hydrogen-bond donors (Lipinski definition) is 1. The minimum atomic E-state index is -0.767. The zero-order valence-electron chi connectivity index (χ0n) is 9.19. The van der Waals surface area contributed by atoms with Gasteiger partial charge in [-0.15, -0.1) is 11.8 Å². The quantitative estimate of drug-likeness (QED) is 0.871. The normalized spacial score (nSPS) is 16.5. The molecule has 0 aromatic heterocycles. The van der Waals surface area contributed by atoms with Gasteiger partial charge < -0.3 is 5.11 Å². The molecular formula is C13H16O2S. The number of thioether (sulfide) groups is 1. The van der Waals surface area contributed by atoms with Crippen molar-refractivity contribution in [2.24, 2.45) is 0 Å². The maximum Gasteiger partial charge on any atom is 0.307 e. The fraction of sp³-hybridized carbons (Fsp3) is 0.462. The molecule has 0 aliphatic heterocycles. The molecule has 1 fully saturated rings. The molecule has 0 radical (unpaired) electrons. The first-order valence-electron chi connectivity index (χ1n) is 5.71. The molecule has 0 heterocycles. The first kappa shape index (κ1) is 11.5. The van der Waals surface area contributed by atoms with Gasteiger partial charge in [0.15, 0.2) is 0 Å². The van der Waals surface area contributed by atoms with Crippen LogP contribution >= 0.6 is 11.8 Å². The molecule has 1 aromatic rings. The molecule has 0 bridgehead atoms. The molecule has 86 valence electrons. The third kappa shape index (κ3) is 3.27. The summed E-state index contributed by atoms with van der Waals surface area (Å²) in [5, 5.41) is 9.43. The van der Waals surface area contributed by atoms with E-state index >= 15 is 0 Å². The molecule has 0 unspecified atom stereocenters. The highest BCUT2D eigenvalue weighted by atomic mass is 32.2. The summed E-state index contributed by atoms with van der Waals surface area (Å²) in [4.78, 5) is 11.8. The van der Waals surface area contributed by atoms with Crippen molar-refractivity contribution in [3.63, 3.8) is 0 Å². The molecule has 3 heteroatoms. The third-order valence-electron chi connectivity index (χ3n) is 2.88. The van der Waals surface area contributed by atoms with Crippen LogP contribution < -0.4 is 0 Å². The minimum absolute atomic E-state index is 0.119. The Hall–Kier alpha value is -0.960. The van der Waals surface area contributed by atoms with Gasteiger partial charge in [0.25, 0.3) is 0 Å². The largest absolute Gasteiger partial charge is 0.481 e. The van der Waals surface area contributed by atoms with Crippen LogP contribution in [0.3, 0.4) is 0 Å². The summed E-state index contributed by atoms with van der Waals surface area (Å²) >= 11 is 1.93. The number of rotatable bonds is 4. The van der Waals surface area contributed by atoms with Crippen LogP contribution in [0.2, 0.25) is 0 Å². The van der Waals surface area contributed by atoms with Crippen LogP contribution in [0.25, 0.3) is 0 Å². The molecule has 1 aliphatic carbocycles. The first-order chi connectivity index (χ1) is 7.74. The summed E-state index contributed by atoms with van der Waals surface area (Å²) in [5.41, 5.74) is 0.878. The molecule has 0 amide bonds. The van der Waals surface area contributed by atoms with Crippen molar-refractivity contribution in [3.8, 4) is 0 Å². The van der Waals surface area contributed by atoms with Crippen molar-refractivity contribution in [1.29, 1.82) is 0 Å². The van der Waals surface area contributed by atoms with Crippen molar-refractivity contribution in [2.75, 3.05) is 0 Å². The number of hydrogen-bond acceptors (Lipinski definition) is 2. The van der Waals surface area contributed by atoms with E-state index < -0.39 is 5.97 Å². The fourth-order valence-corrected chi connectivity index (χ4v) is 3.31. The fourth-order valence-electron chi connectivity index (χ4n) is 2.06. The Morgan fingerprint density at radius 2 is 1.88 bits per heavy atom. The highest BCUT2D eigenvalue weighted by molar-refractivity contribution is 8.00. The van der Waals surface area contributed by atoms with Crippen molar-refractivity contribution < 1.29 is 9.90 Å². The lowest BCUT2D eigenvalue weighted by molar-refractivity contribution is -0.136. The van der Waals surface area contributed by atoms with Gasteiger partial charge in [0.1, 0.15) is 0 Å². The molecular weight excluding hydrogens is 220 g/mol. The lowest BCUT2D eigenvalue weighted by atomic mass is 10.2. The van der Waals surface area contributed by atoms with Crippen LogP contribution in [0, 0.1) is 0 Å². The van der Waals surface area contributed by atoms with E-state index in [2.05, 4.69) is 0 Å². The maximum absolute atomic E-state index is 10.5. The minimum Gasteiger partial charge on any atom is -0.481 e. The Kier molecular flexibility index (Phi) is 3.88. The second-order valence-electron chi connectivity index (χ2n) is 4.24. The first-order valence-corrected chi connectivity index (χ1v) is 6.59. The number of carboxylic acids is 1. The van der Waals surface area contributed by atoms with Gasteiger partial charge >= 0.3 is 5.97 Å². The van der Waals surface area contributed by atoms with Crippen LogP contribution in [0.4, 0.5) is 0 Å². The van der Waals surface area contributed by atoms with Gasteiger partial charge in [-0.2, -0.15) is 0 Å². The van der Waals surface area contributed by atoms with Gasteiger partial charge in [0, 0.05) is 10.1 Å². The average molecular weight is 236 g/mol. The number of benzene rings is 1. The van der Waals surface area contributed by atoms with Crippen molar-refractivity contribution >= 4 is 17.7 Å². The third-order valence-corrected chi connectivity index (χ3v) is 4.23. The Bertz CT molecular complexity index is 353. The monoisotopic (exact) mass is 236 g/mol. The van der Waals surface area contributed by atoms with Gasteiger partial charge in [-0.3, -0.25) is 4.79 Å². The highest BCUT2D eigenvalue weighted by Crippen LogP contribution is 2.34. The van der Waals surface area contributed by atoms with Crippen molar-refractivity contribution in [1.82, 2.24) is 0 Å². The smallest absolute Gasteiger partial charge is 0.307 e. The molecule has 1 saturated carbocycles. The van der Waals surface area contributed by atoms with E-state index in [1.807, 2.05) is 36.0 Å².